The first kappa shape index (κ1) is 25.2. The lowest BCUT2D eigenvalue weighted by molar-refractivity contribution is -0.0597. The van der Waals surface area contributed by atoms with Crippen LogP contribution in [0.1, 0.15) is 116 Å². The van der Waals surface area contributed by atoms with Gasteiger partial charge in [-0.3, -0.25) is 0 Å². The molecule has 1 aromatic rings. The normalized spacial score (nSPS) is 39.4. The van der Waals surface area contributed by atoms with Crippen molar-refractivity contribution in [3.05, 3.63) is 35.8 Å². The van der Waals surface area contributed by atoms with Crippen LogP contribution in [0.15, 0.2) is 34.5 Å². The van der Waals surface area contributed by atoms with Crippen LogP contribution in [0.3, 0.4) is 0 Å². The maximum atomic E-state index is 12.5. The van der Waals surface area contributed by atoms with Gasteiger partial charge in [0, 0.05) is 6.42 Å². The smallest absolute Gasteiger partial charge is 0.374 e. The number of rotatable bonds is 7. The van der Waals surface area contributed by atoms with Gasteiger partial charge in [-0.05, 0) is 103 Å². The fourth-order valence-electron chi connectivity index (χ4n) is 9.36. The number of allylic oxidation sites excluding steroid dienone is 1. The first-order valence-corrected chi connectivity index (χ1v) is 14.7. The molecule has 4 unspecified atom stereocenters. The highest BCUT2D eigenvalue weighted by Gasteiger charge is 2.59. The monoisotopic (exact) mass is 480 g/mol. The van der Waals surface area contributed by atoms with Crippen molar-refractivity contribution >= 4 is 5.97 Å². The van der Waals surface area contributed by atoms with Crippen LogP contribution in [0.5, 0.6) is 0 Å². The van der Waals surface area contributed by atoms with Gasteiger partial charge in [0.15, 0.2) is 0 Å². The zero-order valence-electron chi connectivity index (χ0n) is 22.9. The van der Waals surface area contributed by atoms with Gasteiger partial charge in [0.1, 0.15) is 6.10 Å². The van der Waals surface area contributed by atoms with Crippen LogP contribution < -0.4 is 0 Å². The highest BCUT2D eigenvalue weighted by molar-refractivity contribution is 5.86. The molecule has 0 spiro atoms. The van der Waals surface area contributed by atoms with E-state index in [9.17, 15) is 4.79 Å². The topological polar surface area (TPSA) is 39.4 Å². The van der Waals surface area contributed by atoms with Crippen LogP contribution in [0.25, 0.3) is 0 Å². The largest absolute Gasteiger partial charge is 0.457 e. The standard InChI is InChI=1S/C32H48O3/c1-21(2)8-6-9-22(3)26-13-14-27-25-12-11-23-20-24(35-30(33)29-10-7-19-34-29)15-17-31(23,4)28(25)16-18-32(26,27)5/h7,10-11,19,21-22,24-28H,6,8-9,12-18,20H2,1-5H3/t22-,24?,25?,26-,27?,28?,31+,32-/m1/s1. The molecule has 5 rings (SSSR count). The van der Waals surface area contributed by atoms with Gasteiger partial charge in [-0.1, -0.05) is 65.5 Å². The van der Waals surface area contributed by atoms with E-state index >= 15 is 0 Å². The Morgan fingerprint density at radius 2 is 1.91 bits per heavy atom. The summed E-state index contributed by atoms with van der Waals surface area (Å²) in [6.07, 6.45) is 18.3. The van der Waals surface area contributed by atoms with Gasteiger partial charge in [0.2, 0.25) is 5.76 Å². The van der Waals surface area contributed by atoms with Crippen molar-refractivity contribution in [2.45, 2.75) is 111 Å². The van der Waals surface area contributed by atoms with Gasteiger partial charge >= 0.3 is 5.97 Å². The van der Waals surface area contributed by atoms with Crippen molar-refractivity contribution < 1.29 is 13.9 Å². The Morgan fingerprint density at radius 1 is 1.09 bits per heavy atom. The van der Waals surface area contributed by atoms with Crippen LogP contribution in [-0.4, -0.2) is 12.1 Å². The minimum Gasteiger partial charge on any atom is -0.457 e. The van der Waals surface area contributed by atoms with E-state index in [2.05, 4.69) is 40.7 Å². The summed E-state index contributed by atoms with van der Waals surface area (Å²) in [6, 6.07) is 3.44. The van der Waals surface area contributed by atoms with Crippen molar-refractivity contribution in [1.82, 2.24) is 0 Å². The number of fused-ring (bicyclic) bond motifs is 5. The molecular formula is C32H48O3. The van der Waals surface area contributed by atoms with Gasteiger partial charge < -0.3 is 9.15 Å². The molecule has 194 valence electrons. The second-order valence-electron chi connectivity index (χ2n) is 13.5. The van der Waals surface area contributed by atoms with E-state index in [0.717, 1.165) is 54.8 Å². The third-order valence-corrected chi connectivity index (χ3v) is 11.3. The molecule has 0 bridgehead atoms. The van der Waals surface area contributed by atoms with Crippen LogP contribution in [0.4, 0.5) is 0 Å². The number of carbonyl (C=O) groups is 1. The molecule has 0 aromatic carbocycles. The summed E-state index contributed by atoms with van der Waals surface area (Å²) in [5, 5.41) is 0. The molecule has 4 aliphatic carbocycles. The summed E-state index contributed by atoms with van der Waals surface area (Å²) in [6.45, 7) is 12.5. The maximum Gasteiger partial charge on any atom is 0.374 e. The fourth-order valence-corrected chi connectivity index (χ4v) is 9.36. The number of esters is 1. The highest BCUT2D eigenvalue weighted by atomic mass is 16.6. The lowest BCUT2D eigenvalue weighted by atomic mass is 9.47. The Kier molecular flexibility index (Phi) is 7.01. The molecule has 0 radical (unpaired) electrons. The molecule has 35 heavy (non-hydrogen) atoms. The van der Waals surface area contributed by atoms with Crippen LogP contribution in [-0.2, 0) is 4.74 Å². The molecule has 3 saturated carbocycles. The van der Waals surface area contributed by atoms with Gasteiger partial charge in [-0.15, -0.1) is 0 Å². The quantitative estimate of drug-likeness (QED) is 0.289. The summed E-state index contributed by atoms with van der Waals surface area (Å²) < 4.78 is 11.1. The fraction of sp³-hybridized carbons (Fsp3) is 0.781. The molecule has 0 aliphatic heterocycles. The molecule has 1 aromatic heterocycles. The molecule has 3 nitrogen and oxygen atoms in total. The molecule has 0 saturated heterocycles. The molecule has 8 atom stereocenters. The van der Waals surface area contributed by atoms with E-state index in [1.54, 1.807) is 17.7 Å². The van der Waals surface area contributed by atoms with Gasteiger partial charge in [-0.2, -0.15) is 0 Å². The lowest BCUT2D eigenvalue weighted by Gasteiger charge is -2.58. The zero-order chi connectivity index (χ0) is 24.8. The lowest BCUT2D eigenvalue weighted by Crippen LogP contribution is -2.51. The second kappa shape index (κ2) is 9.75. The third-order valence-electron chi connectivity index (χ3n) is 11.3. The molecule has 3 heteroatoms. The van der Waals surface area contributed by atoms with E-state index < -0.39 is 0 Å². The van der Waals surface area contributed by atoms with Crippen LogP contribution in [0, 0.1) is 46.3 Å². The van der Waals surface area contributed by atoms with Crippen molar-refractivity contribution in [2.75, 3.05) is 0 Å². The van der Waals surface area contributed by atoms with Crippen LogP contribution in [0.2, 0.25) is 0 Å². The number of furan rings is 1. The SMILES string of the molecule is CC(C)CCC[C@@H](C)[C@H]1CCC2C3CC=C4CC(OC(=O)c5ccco5)CC[C@]4(C)C3CC[C@@]21C. The van der Waals surface area contributed by atoms with E-state index in [1.807, 2.05) is 0 Å². The number of ether oxygens (including phenoxy) is 1. The zero-order valence-corrected chi connectivity index (χ0v) is 22.9. The first-order chi connectivity index (χ1) is 16.7. The Hall–Kier alpha value is -1.51. The predicted octanol–water partition coefficient (Wildman–Crippen LogP) is 8.85. The first-order valence-electron chi connectivity index (χ1n) is 14.7. The maximum absolute atomic E-state index is 12.5. The Balaban J connectivity index is 1.26. The van der Waals surface area contributed by atoms with Gasteiger partial charge in [0.25, 0.3) is 0 Å². The molecule has 1 heterocycles. The number of hydrogen-bond acceptors (Lipinski definition) is 3. The molecule has 4 aliphatic rings. The van der Waals surface area contributed by atoms with Gasteiger partial charge in [-0.25, -0.2) is 4.79 Å². The van der Waals surface area contributed by atoms with Crippen molar-refractivity contribution in [3.63, 3.8) is 0 Å². The van der Waals surface area contributed by atoms with E-state index in [0.29, 0.717) is 16.6 Å². The minimum absolute atomic E-state index is 0.0140. The molecule has 0 N–H and O–H groups in total. The van der Waals surface area contributed by atoms with Crippen molar-refractivity contribution in [3.8, 4) is 0 Å². The average molecular weight is 481 g/mol. The summed E-state index contributed by atoms with van der Waals surface area (Å²) in [7, 11) is 0. The average Bonchev–Trinajstić information content (AvgIpc) is 3.47. The number of carbonyl (C=O) groups excluding carboxylic acids is 1. The van der Waals surface area contributed by atoms with Crippen LogP contribution >= 0.6 is 0 Å². The third kappa shape index (κ3) is 4.55. The number of hydrogen-bond donors (Lipinski definition) is 0. The van der Waals surface area contributed by atoms with Gasteiger partial charge in [0.05, 0.1) is 6.26 Å². The van der Waals surface area contributed by atoms with Crippen molar-refractivity contribution in [2.24, 2.45) is 46.3 Å². The molecule has 0 amide bonds. The summed E-state index contributed by atoms with van der Waals surface area (Å²) in [5.41, 5.74) is 2.40. The van der Waals surface area contributed by atoms with Crippen molar-refractivity contribution in [1.29, 1.82) is 0 Å². The predicted molar refractivity (Wildman–Crippen MR) is 141 cm³/mol. The minimum atomic E-state index is -0.314. The second-order valence-corrected chi connectivity index (χ2v) is 13.5. The van der Waals surface area contributed by atoms with E-state index in [1.165, 1.54) is 57.6 Å². The summed E-state index contributed by atoms with van der Waals surface area (Å²) >= 11 is 0. The summed E-state index contributed by atoms with van der Waals surface area (Å²) in [5.74, 6) is 5.15. The highest BCUT2D eigenvalue weighted by Crippen LogP contribution is 2.67. The molecular weight excluding hydrogens is 432 g/mol. The van der Waals surface area contributed by atoms with E-state index in [-0.39, 0.29) is 12.1 Å². The van der Waals surface area contributed by atoms with E-state index in [4.69, 9.17) is 9.15 Å². The Bertz CT molecular complexity index is 913. The Morgan fingerprint density at radius 3 is 2.66 bits per heavy atom. The molecule has 3 fully saturated rings. The Labute approximate surface area is 213 Å². The summed E-state index contributed by atoms with van der Waals surface area (Å²) in [4.78, 5) is 12.5.